The lowest BCUT2D eigenvalue weighted by molar-refractivity contribution is -0.148. The van der Waals surface area contributed by atoms with Gasteiger partial charge < -0.3 is 80.0 Å². The van der Waals surface area contributed by atoms with Crippen molar-refractivity contribution in [2.45, 2.75) is 186 Å². The number of unbranched alkanes of at least 4 members (excludes halogenated alkanes) is 21. The molecule has 0 saturated carbocycles. The molecule has 0 fully saturated rings. The molecule has 0 heterocycles. The Morgan fingerprint density at radius 2 is 0.495 bits per heavy atom. The van der Waals surface area contributed by atoms with Crippen molar-refractivity contribution >= 4 is 47.4 Å². The van der Waals surface area contributed by atoms with E-state index in [1.807, 2.05) is 24.3 Å². The Labute approximate surface area is 568 Å². The Bertz CT molecular complexity index is 2450. The van der Waals surface area contributed by atoms with E-state index < -0.39 is 47.4 Å². The van der Waals surface area contributed by atoms with Gasteiger partial charge in [0.2, 0.25) is 41.4 Å². The third-order valence-corrected chi connectivity index (χ3v) is 17.7. The highest BCUT2D eigenvalue weighted by molar-refractivity contribution is 5.93. The Morgan fingerprint density at radius 1 is 0.284 bits per heavy atom. The van der Waals surface area contributed by atoms with Gasteiger partial charge in [-0.25, -0.2) is 4.79 Å². The fourth-order valence-electron chi connectivity index (χ4n) is 12.0. The Morgan fingerprint density at radius 3 is 0.737 bits per heavy atom. The molecule has 0 spiro atoms. The zero-order valence-corrected chi connectivity index (χ0v) is 58.0. The van der Waals surface area contributed by atoms with Crippen LogP contribution in [0.1, 0.15) is 197 Å². The predicted molar refractivity (Wildman–Crippen MR) is 378 cm³/mol. The van der Waals surface area contributed by atoms with Crippen molar-refractivity contribution < 1.29 is 43.1 Å². The van der Waals surface area contributed by atoms with Gasteiger partial charge in [-0.05, 0) is 158 Å². The molecule has 0 aromatic heterocycles. The van der Waals surface area contributed by atoms with Gasteiger partial charge in [0.05, 0.1) is 39.3 Å². The molecule has 0 radical (unpaired) electrons. The number of carbonyl (C=O) groups is 8. The molecule has 95 heavy (non-hydrogen) atoms. The SMILES string of the molecule is NCCCCCCN(CC(N)=O)C(=O)CN(CCCCCCN)C(=O)CN(CCCCCCN)C(=O)CN(CCCCCCN)C(=O)CN(CCCCCCN)C(=O)CN(CCCCCCN)C(=O)CN(CCCCCCN)C(=O)OCC1c2ccccc2-c2ccccc21. The van der Waals surface area contributed by atoms with Crippen LogP contribution in [0, 0.1) is 0 Å². The average Bonchev–Trinajstić information content (AvgIpc) is 1.62. The Kier molecular flexibility index (Phi) is 45.3. The van der Waals surface area contributed by atoms with Crippen LogP contribution < -0.4 is 45.9 Å². The van der Waals surface area contributed by atoms with Crippen LogP contribution >= 0.6 is 0 Å². The second-order valence-corrected chi connectivity index (χ2v) is 25.5. The van der Waals surface area contributed by atoms with Crippen molar-refractivity contribution in [2.24, 2.45) is 45.9 Å². The van der Waals surface area contributed by atoms with E-state index in [0.717, 1.165) is 157 Å². The number of ether oxygens (including phenoxy) is 1. The van der Waals surface area contributed by atoms with E-state index in [9.17, 15) is 28.8 Å². The number of fused-ring (bicyclic) bond motifs is 3. The molecule has 2 aromatic carbocycles. The van der Waals surface area contributed by atoms with Crippen LogP contribution in [-0.4, -0.2) is 226 Å². The molecule has 2 aromatic rings. The highest BCUT2D eigenvalue weighted by atomic mass is 16.6. The van der Waals surface area contributed by atoms with Crippen LogP contribution in [0.25, 0.3) is 11.1 Å². The zero-order chi connectivity index (χ0) is 69.3. The number of hydrogen-bond donors (Lipinski definition) is 8. The minimum absolute atomic E-state index is 0.0673. The van der Waals surface area contributed by atoms with Gasteiger partial charge in [-0.3, -0.25) is 38.5 Å². The second-order valence-electron chi connectivity index (χ2n) is 25.5. The molecule has 24 heteroatoms. The molecule has 0 unspecified atom stereocenters. The van der Waals surface area contributed by atoms with Crippen LogP contribution in [0.4, 0.5) is 4.79 Å². The third-order valence-electron chi connectivity index (χ3n) is 17.7. The second kappa shape index (κ2) is 51.9. The van der Waals surface area contributed by atoms with Crippen molar-refractivity contribution in [1.29, 1.82) is 0 Å². The van der Waals surface area contributed by atoms with Crippen molar-refractivity contribution in [1.82, 2.24) is 34.3 Å². The number of primary amides is 1. The smallest absolute Gasteiger partial charge is 0.410 e. The maximum atomic E-state index is 15.1. The van der Waals surface area contributed by atoms with Gasteiger partial charge in [0.1, 0.15) is 13.2 Å². The van der Waals surface area contributed by atoms with Crippen LogP contribution in [0.15, 0.2) is 48.5 Å². The molecule has 1 aliphatic rings. The summed E-state index contributed by atoms with van der Waals surface area (Å²) in [5.74, 6) is -3.59. The lowest BCUT2D eigenvalue weighted by Crippen LogP contribution is -2.52. The summed E-state index contributed by atoms with van der Waals surface area (Å²) in [5, 5.41) is 0. The molecular formula is C71H125N15O9. The summed E-state index contributed by atoms with van der Waals surface area (Å²) in [4.78, 5) is 126. The monoisotopic (exact) mass is 1330 g/mol. The first-order valence-electron chi connectivity index (χ1n) is 36.1. The van der Waals surface area contributed by atoms with Gasteiger partial charge in [-0.15, -0.1) is 0 Å². The minimum Gasteiger partial charge on any atom is -0.448 e. The van der Waals surface area contributed by atoms with Crippen LogP contribution in [0.2, 0.25) is 0 Å². The first-order chi connectivity index (χ1) is 46.2. The molecule has 3 rings (SSSR count). The van der Waals surface area contributed by atoms with Gasteiger partial charge in [0.25, 0.3) is 0 Å². The van der Waals surface area contributed by atoms with Crippen LogP contribution in [0.5, 0.6) is 0 Å². The van der Waals surface area contributed by atoms with E-state index in [2.05, 4.69) is 24.3 Å². The maximum Gasteiger partial charge on any atom is 0.410 e. The number of benzene rings is 2. The lowest BCUT2D eigenvalue weighted by Gasteiger charge is -2.32. The maximum absolute atomic E-state index is 15.1. The molecule has 538 valence electrons. The first-order valence-corrected chi connectivity index (χ1v) is 36.1. The summed E-state index contributed by atoms with van der Waals surface area (Å²) < 4.78 is 6.14. The number of carbonyl (C=O) groups excluding carboxylic acids is 8. The van der Waals surface area contributed by atoms with Crippen molar-refractivity contribution in [3.63, 3.8) is 0 Å². The number of hydrogen-bond acceptors (Lipinski definition) is 16. The molecular weight excluding hydrogens is 1210 g/mol. The van der Waals surface area contributed by atoms with E-state index in [1.165, 1.54) is 34.3 Å². The fraction of sp³-hybridized carbons (Fsp3) is 0.718. The van der Waals surface area contributed by atoms with Gasteiger partial charge in [0.15, 0.2) is 0 Å². The normalized spacial score (nSPS) is 11.7. The number of nitrogens with two attached hydrogens (primary N) is 8. The number of nitrogens with zero attached hydrogens (tertiary/aromatic N) is 7. The molecule has 0 aliphatic heterocycles. The van der Waals surface area contributed by atoms with E-state index in [-0.39, 0.29) is 104 Å². The molecule has 8 amide bonds. The van der Waals surface area contributed by atoms with E-state index in [4.69, 9.17) is 50.6 Å². The molecule has 24 nitrogen and oxygen atoms in total. The standard InChI is InChI=1S/C71H125N15O9/c72-37-19-1-8-26-44-80(51-64(79)87)65(88)52-81(45-27-9-2-20-38-73)66(89)53-82(46-28-10-3-21-39-74)67(90)54-83(47-29-11-4-22-40-75)68(91)55-84(48-30-12-5-23-41-76)69(92)56-85(49-31-13-6-24-42-77)70(93)57-86(50-32-14-7-25-43-78)71(94)95-58-63-61-35-17-15-33-59(61)60-34-16-18-36-62(60)63/h15-18,33-36,63H,1-14,19-32,37-58,72-78H2,(H2,79,87). The van der Waals surface area contributed by atoms with E-state index >= 15 is 9.59 Å². The average molecular weight is 1330 g/mol. The van der Waals surface area contributed by atoms with Gasteiger partial charge in [0, 0.05) is 51.7 Å². The number of rotatable bonds is 58. The summed E-state index contributed by atoms with van der Waals surface area (Å²) >= 11 is 0. The zero-order valence-electron chi connectivity index (χ0n) is 58.0. The predicted octanol–water partition coefficient (Wildman–Crippen LogP) is 5.33. The minimum atomic E-state index is -0.672. The summed E-state index contributed by atoms with van der Waals surface area (Å²) in [6.45, 7) is 2.80. The topological polar surface area (TPSA) is 377 Å². The largest absolute Gasteiger partial charge is 0.448 e. The summed E-state index contributed by atoms with van der Waals surface area (Å²) in [6.07, 6.45) is 20.1. The van der Waals surface area contributed by atoms with E-state index in [1.54, 1.807) is 0 Å². The van der Waals surface area contributed by atoms with E-state index in [0.29, 0.717) is 90.8 Å². The first kappa shape index (κ1) is 82.9. The van der Waals surface area contributed by atoms with Crippen molar-refractivity contribution in [3.05, 3.63) is 59.7 Å². The molecule has 1 aliphatic carbocycles. The molecule has 0 bridgehead atoms. The van der Waals surface area contributed by atoms with Crippen LogP contribution in [-0.2, 0) is 38.3 Å². The number of amides is 8. The van der Waals surface area contributed by atoms with Gasteiger partial charge >= 0.3 is 6.09 Å². The lowest BCUT2D eigenvalue weighted by atomic mass is 9.98. The third kappa shape index (κ3) is 34.0. The highest BCUT2D eigenvalue weighted by Crippen LogP contribution is 2.44. The van der Waals surface area contributed by atoms with Crippen molar-refractivity contribution in [3.8, 4) is 11.1 Å². The molecule has 16 N–H and O–H groups in total. The highest BCUT2D eigenvalue weighted by Gasteiger charge is 2.33. The quantitative estimate of drug-likeness (QED) is 0.0388. The van der Waals surface area contributed by atoms with Crippen molar-refractivity contribution in [2.75, 3.05) is 144 Å². The molecule has 0 atom stereocenters. The van der Waals surface area contributed by atoms with Crippen LogP contribution in [0.3, 0.4) is 0 Å². The fourth-order valence-corrected chi connectivity index (χ4v) is 12.0. The summed E-state index contributed by atoms with van der Waals surface area (Å²) in [6, 6.07) is 16.2. The van der Waals surface area contributed by atoms with Gasteiger partial charge in [-0.1, -0.05) is 138 Å². The summed E-state index contributed by atoms with van der Waals surface area (Å²) in [7, 11) is 0. The summed E-state index contributed by atoms with van der Waals surface area (Å²) in [5.41, 5.74) is 50.7. The van der Waals surface area contributed by atoms with Gasteiger partial charge in [-0.2, -0.15) is 0 Å². The Hall–Kier alpha value is -6.28. The molecule has 0 saturated heterocycles. The Balaban J connectivity index is 2.00.